The van der Waals surface area contributed by atoms with E-state index in [1.165, 1.54) is 6.08 Å². The maximum atomic E-state index is 11.9. The standard InChI is InChI=1S/C17H22O5/c1-4-21-15(19)10-13(2)17(3,11-18)12-22-16(20)14-8-6-5-7-9-14/h5-10,18H,4,11-12H2,1-3H3/b13-10+/t17-/m1/s1. The van der Waals surface area contributed by atoms with Gasteiger partial charge >= 0.3 is 11.9 Å². The third kappa shape index (κ3) is 5.00. The molecule has 0 aliphatic rings. The van der Waals surface area contributed by atoms with Crippen LogP contribution in [0.1, 0.15) is 31.1 Å². The summed E-state index contributed by atoms with van der Waals surface area (Å²) in [6, 6.07) is 8.60. The first-order valence-electron chi connectivity index (χ1n) is 7.11. The molecule has 1 atom stereocenters. The molecule has 0 saturated carbocycles. The quantitative estimate of drug-likeness (QED) is 0.618. The highest BCUT2D eigenvalue weighted by molar-refractivity contribution is 5.89. The van der Waals surface area contributed by atoms with Crippen molar-refractivity contribution in [1.29, 1.82) is 0 Å². The Kier molecular flexibility index (Phi) is 6.79. The summed E-state index contributed by atoms with van der Waals surface area (Å²) in [6.07, 6.45) is 1.32. The molecule has 1 N–H and O–H groups in total. The van der Waals surface area contributed by atoms with Crippen molar-refractivity contribution in [2.75, 3.05) is 19.8 Å². The molecule has 1 aromatic carbocycles. The highest BCUT2D eigenvalue weighted by atomic mass is 16.5. The summed E-state index contributed by atoms with van der Waals surface area (Å²) in [5.41, 5.74) is 0.195. The predicted octanol–water partition coefficient (Wildman–Crippen LogP) is 2.35. The molecular formula is C17H22O5. The SMILES string of the molecule is CCOC(=O)/C=C(\C)[C@](C)(CO)COC(=O)c1ccccc1. The first kappa shape index (κ1) is 17.9. The summed E-state index contributed by atoms with van der Waals surface area (Å²) in [5, 5.41) is 9.60. The van der Waals surface area contributed by atoms with Gasteiger partial charge in [-0.1, -0.05) is 30.7 Å². The maximum Gasteiger partial charge on any atom is 0.338 e. The fourth-order valence-corrected chi connectivity index (χ4v) is 1.70. The Balaban J connectivity index is 2.74. The average molecular weight is 306 g/mol. The van der Waals surface area contributed by atoms with Crippen molar-refractivity contribution in [3.8, 4) is 0 Å². The third-order valence-electron chi connectivity index (χ3n) is 3.45. The van der Waals surface area contributed by atoms with E-state index in [1.807, 2.05) is 0 Å². The highest BCUT2D eigenvalue weighted by Crippen LogP contribution is 2.27. The van der Waals surface area contributed by atoms with Gasteiger partial charge in [-0.15, -0.1) is 0 Å². The molecule has 1 aromatic rings. The second-order valence-corrected chi connectivity index (χ2v) is 5.24. The number of hydrogen-bond acceptors (Lipinski definition) is 5. The molecule has 0 aromatic heterocycles. The van der Waals surface area contributed by atoms with Crippen molar-refractivity contribution in [3.63, 3.8) is 0 Å². The number of aliphatic hydroxyl groups excluding tert-OH is 1. The molecule has 0 aliphatic carbocycles. The lowest BCUT2D eigenvalue weighted by Crippen LogP contribution is -2.31. The van der Waals surface area contributed by atoms with E-state index >= 15 is 0 Å². The molecule has 0 fully saturated rings. The molecule has 5 heteroatoms. The number of aliphatic hydroxyl groups is 1. The zero-order valence-corrected chi connectivity index (χ0v) is 13.2. The van der Waals surface area contributed by atoms with Gasteiger partial charge in [0, 0.05) is 11.5 Å². The minimum Gasteiger partial charge on any atom is -0.463 e. The molecule has 0 bridgehead atoms. The van der Waals surface area contributed by atoms with Gasteiger partial charge in [0.2, 0.25) is 0 Å². The Morgan fingerprint density at radius 1 is 1.23 bits per heavy atom. The molecule has 1 rings (SSSR count). The summed E-state index contributed by atoms with van der Waals surface area (Å²) in [6.45, 7) is 5.13. The molecule has 22 heavy (non-hydrogen) atoms. The van der Waals surface area contributed by atoms with Crippen LogP contribution in [0, 0.1) is 5.41 Å². The van der Waals surface area contributed by atoms with Crippen LogP contribution in [0.2, 0.25) is 0 Å². The zero-order valence-electron chi connectivity index (χ0n) is 13.2. The maximum absolute atomic E-state index is 11.9. The number of carbonyl (C=O) groups excluding carboxylic acids is 2. The van der Waals surface area contributed by atoms with Gasteiger partial charge in [0.25, 0.3) is 0 Å². The van der Waals surface area contributed by atoms with E-state index in [0.29, 0.717) is 11.1 Å². The van der Waals surface area contributed by atoms with Gasteiger partial charge in [-0.05, 0) is 26.0 Å². The number of benzene rings is 1. The van der Waals surface area contributed by atoms with Crippen LogP contribution in [0.15, 0.2) is 42.0 Å². The molecule has 0 heterocycles. The Labute approximate surface area is 130 Å². The summed E-state index contributed by atoms with van der Waals surface area (Å²) in [4.78, 5) is 23.4. The van der Waals surface area contributed by atoms with Gasteiger partial charge in [0.1, 0.15) is 6.61 Å². The van der Waals surface area contributed by atoms with Crippen molar-refractivity contribution in [1.82, 2.24) is 0 Å². The van der Waals surface area contributed by atoms with Crippen molar-refractivity contribution >= 4 is 11.9 Å². The van der Waals surface area contributed by atoms with Crippen LogP contribution in [0.5, 0.6) is 0 Å². The highest BCUT2D eigenvalue weighted by Gasteiger charge is 2.28. The average Bonchev–Trinajstić information content (AvgIpc) is 2.53. The lowest BCUT2D eigenvalue weighted by Gasteiger charge is -2.27. The summed E-state index contributed by atoms with van der Waals surface area (Å²) >= 11 is 0. The van der Waals surface area contributed by atoms with Crippen LogP contribution in [0.3, 0.4) is 0 Å². The Hall–Kier alpha value is -2.14. The zero-order chi connectivity index (χ0) is 16.6. The fraction of sp³-hybridized carbons (Fsp3) is 0.412. The van der Waals surface area contributed by atoms with Gasteiger partial charge in [-0.25, -0.2) is 9.59 Å². The van der Waals surface area contributed by atoms with E-state index in [-0.39, 0.29) is 19.8 Å². The Morgan fingerprint density at radius 2 is 1.86 bits per heavy atom. The Morgan fingerprint density at radius 3 is 2.41 bits per heavy atom. The molecular weight excluding hydrogens is 284 g/mol. The first-order valence-corrected chi connectivity index (χ1v) is 7.11. The molecule has 0 saturated heterocycles. The largest absolute Gasteiger partial charge is 0.463 e. The van der Waals surface area contributed by atoms with E-state index in [0.717, 1.165) is 0 Å². The molecule has 0 unspecified atom stereocenters. The monoisotopic (exact) mass is 306 g/mol. The van der Waals surface area contributed by atoms with E-state index in [4.69, 9.17) is 9.47 Å². The van der Waals surface area contributed by atoms with Gasteiger partial charge in [0.15, 0.2) is 0 Å². The van der Waals surface area contributed by atoms with Gasteiger partial charge in [0.05, 0.1) is 18.8 Å². The topological polar surface area (TPSA) is 72.8 Å². The van der Waals surface area contributed by atoms with Gasteiger partial charge in [-0.3, -0.25) is 0 Å². The van der Waals surface area contributed by atoms with Crippen LogP contribution in [-0.4, -0.2) is 36.9 Å². The van der Waals surface area contributed by atoms with E-state index < -0.39 is 17.4 Å². The molecule has 0 spiro atoms. The van der Waals surface area contributed by atoms with Crippen LogP contribution in [0.4, 0.5) is 0 Å². The van der Waals surface area contributed by atoms with Crippen LogP contribution in [-0.2, 0) is 14.3 Å². The summed E-state index contributed by atoms with van der Waals surface area (Å²) in [5.74, 6) is -0.946. The van der Waals surface area contributed by atoms with Crippen molar-refractivity contribution in [2.45, 2.75) is 20.8 Å². The lowest BCUT2D eigenvalue weighted by atomic mass is 9.84. The number of hydrogen-bond donors (Lipinski definition) is 1. The number of esters is 2. The smallest absolute Gasteiger partial charge is 0.338 e. The number of ether oxygens (including phenoxy) is 2. The van der Waals surface area contributed by atoms with Gasteiger partial charge in [-0.2, -0.15) is 0 Å². The number of carbonyl (C=O) groups is 2. The number of rotatable bonds is 7. The Bertz CT molecular complexity index is 535. The molecule has 0 aliphatic heterocycles. The van der Waals surface area contributed by atoms with Crippen LogP contribution < -0.4 is 0 Å². The minimum atomic E-state index is -0.836. The lowest BCUT2D eigenvalue weighted by molar-refractivity contribution is -0.137. The predicted molar refractivity (Wildman–Crippen MR) is 82.3 cm³/mol. The fourth-order valence-electron chi connectivity index (χ4n) is 1.70. The van der Waals surface area contributed by atoms with E-state index in [9.17, 15) is 14.7 Å². The molecule has 5 nitrogen and oxygen atoms in total. The second kappa shape index (κ2) is 8.34. The van der Waals surface area contributed by atoms with Crippen molar-refractivity contribution < 1.29 is 24.2 Å². The second-order valence-electron chi connectivity index (χ2n) is 5.24. The summed E-state index contributed by atoms with van der Waals surface area (Å²) < 4.78 is 10.1. The molecule has 0 amide bonds. The van der Waals surface area contributed by atoms with E-state index in [2.05, 4.69) is 0 Å². The molecule has 120 valence electrons. The van der Waals surface area contributed by atoms with Gasteiger partial charge < -0.3 is 14.6 Å². The van der Waals surface area contributed by atoms with Crippen LogP contribution in [0.25, 0.3) is 0 Å². The van der Waals surface area contributed by atoms with E-state index in [1.54, 1.807) is 51.1 Å². The van der Waals surface area contributed by atoms with Crippen molar-refractivity contribution in [3.05, 3.63) is 47.5 Å². The van der Waals surface area contributed by atoms with Crippen molar-refractivity contribution in [2.24, 2.45) is 5.41 Å². The first-order chi connectivity index (χ1) is 10.4. The summed E-state index contributed by atoms with van der Waals surface area (Å²) in [7, 11) is 0. The molecule has 0 radical (unpaired) electrons. The van der Waals surface area contributed by atoms with Crippen LogP contribution >= 0.6 is 0 Å². The normalized spacial score (nSPS) is 14.1. The minimum absolute atomic E-state index is 0.0288. The third-order valence-corrected chi connectivity index (χ3v) is 3.45.